The molecule has 0 aliphatic carbocycles. The van der Waals surface area contributed by atoms with Crippen LogP contribution in [0, 0.1) is 11.6 Å². The minimum absolute atomic E-state index is 0.0439. The van der Waals surface area contributed by atoms with E-state index in [0.29, 0.717) is 12.1 Å². The van der Waals surface area contributed by atoms with E-state index in [1.165, 1.54) is 6.92 Å². The maximum absolute atomic E-state index is 13.0. The summed E-state index contributed by atoms with van der Waals surface area (Å²) in [5.41, 5.74) is -0.760. The lowest BCUT2D eigenvalue weighted by Gasteiger charge is -2.10. The second kappa shape index (κ2) is 4.30. The van der Waals surface area contributed by atoms with Crippen molar-refractivity contribution < 1.29 is 22.3 Å². The Hall–Kier alpha value is -1.26. The number of hydrogen-bond donors (Lipinski definition) is 0. The number of alkyl halides is 2. The second-order valence-electron chi connectivity index (χ2n) is 2.54. The van der Waals surface area contributed by atoms with Gasteiger partial charge >= 0.3 is 0 Å². The molecule has 5 heteroatoms. The minimum atomic E-state index is -2.96. The van der Waals surface area contributed by atoms with Gasteiger partial charge in [-0.25, -0.2) is 17.6 Å². The molecule has 0 bridgehead atoms. The van der Waals surface area contributed by atoms with Crippen LogP contribution in [0.4, 0.5) is 17.6 Å². The fourth-order valence-electron chi connectivity index (χ4n) is 1.04. The molecule has 0 aromatic heterocycles. The Morgan fingerprint density at radius 2 is 1.93 bits per heavy atom. The molecule has 14 heavy (non-hydrogen) atoms. The molecule has 0 atom stereocenters. The van der Waals surface area contributed by atoms with E-state index in [0.717, 1.165) is 0 Å². The molecule has 1 rings (SSSR count). The van der Waals surface area contributed by atoms with Gasteiger partial charge in [-0.05, 0) is 13.0 Å². The maximum atomic E-state index is 13.0. The molecule has 78 valence electrons. The third-order valence-corrected chi connectivity index (χ3v) is 1.56. The van der Waals surface area contributed by atoms with Crippen molar-refractivity contribution in [1.82, 2.24) is 0 Å². The van der Waals surface area contributed by atoms with E-state index in [1.807, 2.05) is 0 Å². The van der Waals surface area contributed by atoms with Gasteiger partial charge in [-0.15, -0.1) is 0 Å². The lowest BCUT2D eigenvalue weighted by Crippen LogP contribution is -2.01. The summed E-state index contributed by atoms with van der Waals surface area (Å²) in [7, 11) is 0. The van der Waals surface area contributed by atoms with Crippen LogP contribution in [0.15, 0.2) is 12.1 Å². The molecule has 0 spiro atoms. The quantitative estimate of drug-likeness (QED) is 0.692. The zero-order valence-corrected chi connectivity index (χ0v) is 7.36. The fourth-order valence-corrected chi connectivity index (χ4v) is 1.04. The van der Waals surface area contributed by atoms with Gasteiger partial charge in [-0.3, -0.25) is 0 Å². The largest absolute Gasteiger partial charge is 0.490 e. The fraction of sp³-hybridized carbons (Fsp3) is 0.333. The number of ether oxygens (including phenoxy) is 1. The number of halogens is 4. The van der Waals surface area contributed by atoms with E-state index in [4.69, 9.17) is 0 Å². The van der Waals surface area contributed by atoms with Crippen molar-refractivity contribution in [2.75, 3.05) is 6.61 Å². The summed E-state index contributed by atoms with van der Waals surface area (Å²) >= 11 is 0. The molecule has 0 saturated heterocycles. The van der Waals surface area contributed by atoms with Crippen LogP contribution in [0.2, 0.25) is 0 Å². The van der Waals surface area contributed by atoms with Crippen molar-refractivity contribution in [3.8, 4) is 5.75 Å². The average Bonchev–Trinajstić information content (AvgIpc) is 2.09. The smallest absolute Gasteiger partial charge is 0.267 e. The molecule has 0 unspecified atom stereocenters. The molecule has 0 radical (unpaired) electrons. The van der Waals surface area contributed by atoms with Gasteiger partial charge in [-0.2, -0.15) is 0 Å². The van der Waals surface area contributed by atoms with Gasteiger partial charge in [-0.1, -0.05) is 0 Å². The average molecular weight is 208 g/mol. The van der Waals surface area contributed by atoms with Gasteiger partial charge in [0.25, 0.3) is 6.43 Å². The van der Waals surface area contributed by atoms with Crippen molar-refractivity contribution in [3.63, 3.8) is 0 Å². The first-order chi connectivity index (χ1) is 6.56. The Kier molecular flexibility index (Phi) is 3.33. The molecule has 0 aliphatic heterocycles. The predicted octanol–water partition coefficient (Wildman–Crippen LogP) is 3.30. The molecule has 1 aromatic carbocycles. The van der Waals surface area contributed by atoms with Gasteiger partial charge < -0.3 is 4.74 Å². The summed E-state index contributed by atoms with van der Waals surface area (Å²) in [6.07, 6.45) is -2.96. The summed E-state index contributed by atoms with van der Waals surface area (Å²) < 4.78 is 54.8. The van der Waals surface area contributed by atoms with Crippen LogP contribution in [0.3, 0.4) is 0 Å². The third kappa shape index (κ3) is 2.16. The number of hydrogen-bond acceptors (Lipinski definition) is 1. The standard InChI is InChI=1S/C9H8F4O/c1-2-14-8-6(9(12)13)3-5(10)4-7(8)11/h3-4,9H,2H2,1H3. The Morgan fingerprint density at radius 3 is 2.43 bits per heavy atom. The number of benzene rings is 1. The van der Waals surface area contributed by atoms with E-state index in [9.17, 15) is 17.6 Å². The molecular formula is C9H8F4O. The summed E-state index contributed by atoms with van der Waals surface area (Å²) in [5, 5.41) is 0. The Labute approximate surface area is 78.3 Å². The molecule has 0 amide bonds. The van der Waals surface area contributed by atoms with Crippen molar-refractivity contribution >= 4 is 0 Å². The molecule has 1 aromatic rings. The van der Waals surface area contributed by atoms with Gasteiger partial charge in [0.05, 0.1) is 12.2 Å². The zero-order chi connectivity index (χ0) is 10.7. The Bertz CT molecular complexity index is 325. The number of rotatable bonds is 3. The zero-order valence-electron chi connectivity index (χ0n) is 7.36. The van der Waals surface area contributed by atoms with E-state index in [-0.39, 0.29) is 6.61 Å². The van der Waals surface area contributed by atoms with E-state index >= 15 is 0 Å². The van der Waals surface area contributed by atoms with E-state index in [2.05, 4.69) is 4.74 Å². The van der Waals surface area contributed by atoms with Gasteiger partial charge in [0, 0.05) is 6.07 Å². The summed E-state index contributed by atoms with van der Waals surface area (Å²) in [4.78, 5) is 0. The second-order valence-corrected chi connectivity index (χ2v) is 2.54. The summed E-state index contributed by atoms with van der Waals surface area (Å²) in [6, 6.07) is 1.08. The van der Waals surface area contributed by atoms with Crippen LogP contribution in [0.5, 0.6) is 5.75 Å². The van der Waals surface area contributed by atoms with Gasteiger partial charge in [0.1, 0.15) is 5.82 Å². The molecule has 0 heterocycles. The summed E-state index contributed by atoms with van der Waals surface area (Å²) in [5.74, 6) is -2.73. The Balaban J connectivity index is 3.21. The molecule has 0 N–H and O–H groups in total. The highest BCUT2D eigenvalue weighted by molar-refractivity contribution is 5.36. The van der Waals surface area contributed by atoms with Gasteiger partial charge in [0.15, 0.2) is 11.6 Å². The van der Waals surface area contributed by atoms with Crippen molar-refractivity contribution in [1.29, 1.82) is 0 Å². The van der Waals surface area contributed by atoms with Crippen LogP contribution in [0.1, 0.15) is 18.9 Å². The van der Waals surface area contributed by atoms with Gasteiger partial charge in [0.2, 0.25) is 0 Å². The van der Waals surface area contributed by atoms with E-state index in [1.54, 1.807) is 0 Å². The molecule has 0 fully saturated rings. The molecule has 1 nitrogen and oxygen atoms in total. The SMILES string of the molecule is CCOc1c(F)cc(F)cc1C(F)F. The van der Waals surface area contributed by atoms with Crippen LogP contribution in [-0.4, -0.2) is 6.61 Å². The Morgan fingerprint density at radius 1 is 1.29 bits per heavy atom. The van der Waals surface area contributed by atoms with Crippen LogP contribution in [-0.2, 0) is 0 Å². The topological polar surface area (TPSA) is 9.23 Å². The lowest BCUT2D eigenvalue weighted by molar-refractivity contribution is 0.143. The first kappa shape index (κ1) is 10.8. The summed E-state index contributed by atoms with van der Waals surface area (Å²) in [6.45, 7) is 1.57. The van der Waals surface area contributed by atoms with E-state index < -0.39 is 29.4 Å². The van der Waals surface area contributed by atoms with Crippen molar-refractivity contribution in [3.05, 3.63) is 29.3 Å². The minimum Gasteiger partial charge on any atom is -0.490 e. The highest BCUT2D eigenvalue weighted by Gasteiger charge is 2.19. The van der Waals surface area contributed by atoms with Crippen LogP contribution >= 0.6 is 0 Å². The highest BCUT2D eigenvalue weighted by Crippen LogP contribution is 2.32. The van der Waals surface area contributed by atoms with Crippen molar-refractivity contribution in [2.45, 2.75) is 13.3 Å². The van der Waals surface area contributed by atoms with Crippen molar-refractivity contribution in [2.24, 2.45) is 0 Å². The predicted molar refractivity (Wildman–Crippen MR) is 42.5 cm³/mol. The lowest BCUT2D eigenvalue weighted by atomic mass is 10.2. The maximum Gasteiger partial charge on any atom is 0.267 e. The van der Waals surface area contributed by atoms with Crippen LogP contribution < -0.4 is 4.74 Å². The normalized spacial score (nSPS) is 10.7. The first-order valence-corrected chi connectivity index (χ1v) is 3.96. The molecular weight excluding hydrogens is 200 g/mol. The molecule has 0 saturated carbocycles. The monoisotopic (exact) mass is 208 g/mol. The van der Waals surface area contributed by atoms with Crippen LogP contribution in [0.25, 0.3) is 0 Å². The first-order valence-electron chi connectivity index (χ1n) is 3.96. The molecule has 0 aliphatic rings. The highest BCUT2D eigenvalue weighted by atomic mass is 19.3. The third-order valence-electron chi connectivity index (χ3n) is 1.56.